The van der Waals surface area contributed by atoms with Crippen molar-refractivity contribution in [3.8, 4) is 5.75 Å². The molecule has 1 aliphatic rings. The van der Waals surface area contributed by atoms with Crippen LogP contribution in [0.15, 0.2) is 42.6 Å². The molecule has 212 valence electrons. The van der Waals surface area contributed by atoms with Crippen molar-refractivity contribution in [3.05, 3.63) is 65.1 Å². The molecule has 1 fully saturated rings. The lowest BCUT2D eigenvalue weighted by Crippen LogP contribution is -2.30. The number of rotatable bonds is 9. The number of nitrogens with one attached hydrogen (secondary N) is 2. The van der Waals surface area contributed by atoms with Crippen molar-refractivity contribution in [1.82, 2.24) is 5.32 Å². The minimum atomic E-state index is -5.36. The van der Waals surface area contributed by atoms with Crippen LogP contribution in [0.5, 0.6) is 5.75 Å². The average molecular weight is 563 g/mol. The lowest BCUT2D eigenvalue weighted by atomic mass is 9.98. The van der Waals surface area contributed by atoms with Gasteiger partial charge in [0, 0.05) is 49.4 Å². The largest absolute Gasteiger partial charge is 0.420 e. The number of carbonyl (C=O) groups excluding carboxylic acids is 1. The Kier molecular flexibility index (Phi) is 9.56. The van der Waals surface area contributed by atoms with Crippen molar-refractivity contribution in [1.29, 1.82) is 5.41 Å². The van der Waals surface area contributed by atoms with E-state index in [1.165, 1.54) is 0 Å². The van der Waals surface area contributed by atoms with E-state index in [2.05, 4.69) is 5.32 Å². The predicted octanol–water partition coefficient (Wildman–Crippen LogP) is 5.88. The van der Waals surface area contributed by atoms with Crippen molar-refractivity contribution in [2.45, 2.75) is 24.9 Å². The Morgan fingerprint density at radius 3 is 2.41 bits per heavy atom. The van der Waals surface area contributed by atoms with Gasteiger partial charge in [-0.05, 0) is 42.8 Å². The summed E-state index contributed by atoms with van der Waals surface area (Å²) in [4.78, 5) is 13.5. The van der Waals surface area contributed by atoms with E-state index in [0.717, 1.165) is 42.4 Å². The average Bonchev–Trinajstić information content (AvgIpc) is 3.39. The molecule has 0 aromatic heterocycles. The van der Waals surface area contributed by atoms with Crippen LogP contribution in [0.2, 0.25) is 0 Å². The Morgan fingerprint density at radius 2 is 1.85 bits per heavy atom. The summed E-state index contributed by atoms with van der Waals surface area (Å²) in [6, 6.07) is 4.49. The molecule has 1 atom stereocenters. The Hall–Kier alpha value is -3.65. The molecule has 1 heterocycles. The highest BCUT2D eigenvalue weighted by Gasteiger charge is 2.41. The summed E-state index contributed by atoms with van der Waals surface area (Å²) in [5, 5.41) is 10.3. The number of anilines is 1. The van der Waals surface area contributed by atoms with Crippen molar-refractivity contribution in [3.63, 3.8) is 0 Å². The third-order valence-electron chi connectivity index (χ3n) is 5.61. The van der Waals surface area contributed by atoms with Crippen LogP contribution in [0, 0.1) is 11.2 Å². The normalized spacial score (nSPS) is 16.2. The Labute approximate surface area is 218 Å². The third-order valence-corrected chi connectivity index (χ3v) is 5.61. The number of halogens is 7. The molecule has 2 aromatic rings. The van der Waals surface area contributed by atoms with Gasteiger partial charge in [-0.15, -0.1) is 0 Å². The number of hydrogen-bond acceptors (Lipinski definition) is 6. The molecule has 1 amide bonds. The number of carbonyl (C=O) groups is 1. The second-order valence-corrected chi connectivity index (χ2v) is 8.35. The van der Waals surface area contributed by atoms with E-state index < -0.39 is 52.3 Å². The first-order valence-electron chi connectivity index (χ1n) is 11.5. The van der Waals surface area contributed by atoms with Crippen LogP contribution in [-0.2, 0) is 21.8 Å². The first-order chi connectivity index (χ1) is 18.3. The van der Waals surface area contributed by atoms with Crippen LogP contribution < -0.4 is 15.0 Å². The number of alkyl halides is 6. The van der Waals surface area contributed by atoms with Gasteiger partial charge < -0.3 is 24.9 Å². The van der Waals surface area contributed by atoms with Gasteiger partial charge in [-0.3, -0.25) is 4.90 Å². The maximum Gasteiger partial charge on any atom is 0.420 e. The van der Waals surface area contributed by atoms with Crippen molar-refractivity contribution in [2.24, 2.45) is 0 Å². The van der Waals surface area contributed by atoms with Crippen LogP contribution >= 0.6 is 0 Å². The second kappa shape index (κ2) is 12.5. The number of allylic oxidation sites excluding steroid dienone is 1. The van der Waals surface area contributed by atoms with Gasteiger partial charge >= 0.3 is 18.4 Å². The van der Waals surface area contributed by atoms with E-state index in [4.69, 9.17) is 19.6 Å². The van der Waals surface area contributed by atoms with Gasteiger partial charge in [-0.2, -0.15) is 26.3 Å². The third kappa shape index (κ3) is 7.93. The van der Waals surface area contributed by atoms with Crippen LogP contribution in [0.25, 0.3) is 5.57 Å². The molecule has 0 spiro atoms. The van der Waals surface area contributed by atoms with Crippen LogP contribution in [0.4, 0.5) is 41.2 Å². The quantitative estimate of drug-likeness (QED) is 0.226. The molecule has 1 aliphatic heterocycles. The highest BCUT2D eigenvalue weighted by atomic mass is 19.4. The second-order valence-electron chi connectivity index (χ2n) is 8.35. The molecule has 14 heteroatoms. The molecule has 3 rings (SSSR count). The summed E-state index contributed by atoms with van der Waals surface area (Å²) in [6.07, 6.45) is -9.82. The van der Waals surface area contributed by atoms with E-state index in [1.54, 1.807) is 0 Å². The number of benzene rings is 2. The van der Waals surface area contributed by atoms with Crippen molar-refractivity contribution < 1.29 is 49.7 Å². The molecule has 2 N–H and O–H groups in total. The van der Waals surface area contributed by atoms with Crippen molar-refractivity contribution in [2.75, 3.05) is 38.3 Å². The Bertz CT molecular complexity index is 1190. The van der Waals surface area contributed by atoms with Gasteiger partial charge in [0.2, 0.25) is 0 Å². The van der Waals surface area contributed by atoms with Gasteiger partial charge in [0.15, 0.2) is 5.75 Å². The minimum Gasteiger partial charge on any atom is -0.409 e. The Morgan fingerprint density at radius 1 is 1.15 bits per heavy atom. The van der Waals surface area contributed by atoms with Gasteiger partial charge in [0.1, 0.15) is 5.82 Å². The maximum absolute atomic E-state index is 14.0. The first-order valence-corrected chi connectivity index (χ1v) is 11.5. The summed E-state index contributed by atoms with van der Waals surface area (Å²) >= 11 is 0. The van der Waals surface area contributed by atoms with Crippen LogP contribution in [0.1, 0.15) is 23.1 Å². The van der Waals surface area contributed by atoms with Crippen LogP contribution in [0.3, 0.4) is 0 Å². The molecule has 2 aromatic carbocycles. The van der Waals surface area contributed by atoms with E-state index in [0.29, 0.717) is 31.9 Å². The minimum absolute atomic E-state index is 0.0422. The van der Waals surface area contributed by atoms with E-state index in [9.17, 15) is 35.5 Å². The highest BCUT2D eigenvalue weighted by molar-refractivity contribution is 6.10. The SMILES string of the molecule is CN(C(=O)Oc1c(/C(C=N)=C/NCCOC2CCOC2)cc(C(F)(F)F)cc1C(F)(F)F)c1ccc(F)cc1. The van der Waals surface area contributed by atoms with Crippen molar-refractivity contribution >= 4 is 23.6 Å². The lowest BCUT2D eigenvalue weighted by molar-refractivity contribution is -0.143. The number of ether oxygens (including phenoxy) is 3. The number of hydrogen-bond donors (Lipinski definition) is 2. The molecule has 0 saturated carbocycles. The summed E-state index contributed by atoms with van der Waals surface area (Å²) < 4.78 is 111. The molecule has 1 saturated heterocycles. The number of nitrogens with zero attached hydrogens (tertiary/aromatic N) is 1. The summed E-state index contributed by atoms with van der Waals surface area (Å²) in [7, 11) is 1.12. The molecule has 39 heavy (non-hydrogen) atoms. The fourth-order valence-electron chi connectivity index (χ4n) is 3.56. The van der Waals surface area contributed by atoms with Gasteiger partial charge in [-0.1, -0.05) is 0 Å². The summed E-state index contributed by atoms with van der Waals surface area (Å²) in [5.74, 6) is -1.87. The van der Waals surface area contributed by atoms with Gasteiger partial charge in [0.05, 0.1) is 30.4 Å². The molecular weight excluding hydrogens is 539 g/mol. The fraction of sp³-hybridized carbons (Fsp3) is 0.360. The monoisotopic (exact) mass is 563 g/mol. The summed E-state index contributed by atoms with van der Waals surface area (Å²) in [6.45, 7) is 1.22. The molecule has 7 nitrogen and oxygen atoms in total. The molecular formula is C25H24F7N3O4. The van der Waals surface area contributed by atoms with E-state index >= 15 is 0 Å². The highest BCUT2D eigenvalue weighted by Crippen LogP contribution is 2.44. The first kappa shape index (κ1) is 29.9. The standard InChI is InChI=1S/C25H24F7N3O4/c1-35(18-4-2-17(26)3-5-18)23(36)39-22-20(10-16(24(27,28)29)11-21(22)25(30,31)32)15(12-33)13-34-7-9-38-19-6-8-37-14-19/h2-5,10-13,19,33-34H,6-9,14H2,1H3/b15-13+,33-12?. The van der Waals surface area contributed by atoms with Gasteiger partial charge in [0.25, 0.3) is 0 Å². The molecule has 0 aliphatic carbocycles. The maximum atomic E-state index is 14.0. The zero-order chi connectivity index (χ0) is 28.8. The van der Waals surface area contributed by atoms with Gasteiger partial charge in [-0.25, -0.2) is 9.18 Å². The zero-order valence-corrected chi connectivity index (χ0v) is 20.5. The van der Waals surface area contributed by atoms with E-state index in [1.807, 2.05) is 0 Å². The fourth-order valence-corrected chi connectivity index (χ4v) is 3.56. The molecule has 0 radical (unpaired) electrons. The lowest BCUT2D eigenvalue weighted by Gasteiger charge is -2.22. The summed E-state index contributed by atoms with van der Waals surface area (Å²) in [5.41, 5.74) is -4.71. The number of amides is 1. The Balaban J connectivity index is 1.98. The van der Waals surface area contributed by atoms with E-state index in [-0.39, 0.29) is 31.0 Å². The molecule has 1 unspecified atom stereocenters. The predicted molar refractivity (Wildman–Crippen MR) is 127 cm³/mol. The van der Waals surface area contributed by atoms with Crippen LogP contribution in [-0.4, -0.2) is 51.8 Å². The molecule has 0 bridgehead atoms. The smallest absolute Gasteiger partial charge is 0.409 e. The topological polar surface area (TPSA) is 83.9 Å². The zero-order valence-electron chi connectivity index (χ0n) is 20.5.